The van der Waals surface area contributed by atoms with Gasteiger partial charge in [-0.05, 0) is 42.8 Å². The molecule has 6 aromatic rings. The number of carbonyl (C=O) groups is 1. The monoisotopic (exact) mass is 686 g/mol. The van der Waals surface area contributed by atoms with Gasteiger partial charge in [0.1, 0.15) is 23.7 Å². The fraction of sp³-hybridized carbons (Fsp3) is 0.359. The molecular weight excluding hydrogens is 644 g/mol. The highest BCUT2D eigenvalue weighted by Gasteiger charge is 2.37. The van der Waals surface area contributed by atoms with Crippen molar-refractivity contribution in [3.05, 3.63) is 90.6 Å². The molecule has 3 fully saturated rings. The van der Waals surface area contributed by atoms with Gasteiger partial charge in [-0.3, -0.25) is 4.79 Å². The van der Waals surface area contributed by atoms with E-state index in [4.69, 9.17) is 41.7 Å². The van der Waals surface area contributed by atoms with Crippen LogP contribution in [0.3, 0.4) is 0 Å². The Labute approximate surface area is 289 Å². The number of Topliss-reactive ketones (excluding diaryl/α,β-unsaturated/α-hetero) is 1. The van der Waals surface area contributed by atoms with Crippen molar-refractivity contribution in [1.82, 2.24) is 0 Å². The first-order valence-corrected chi connectivity index (χ1v) is 16.5. The number of para-hydroxylation sites is 3. The Balaban J connectivity index is 0.000000122. The van der Waals surface area contributed by atoms with Gasteiger partial charge >= 0.3 is 0 Å². The lowest BCUT2D eigenvalue weighted by molar-refractivity contribution is -0.117. The number of fused-ring (bicyclic) bond motifs is 3. The summed E-state index contributed by atoms with van der Waals surface area (Å²) in [4.78, 5) is 10.1. The largest absolute Gasteiger partial charge is 0.493 e. The van der Waals surface area contributed by atoms with Crippen LogP contribution in [-0.2, 0) is 24.6 Å². The number of benzene rings is 3. The van der Waals surface area contributed by atoms with Gasteiger partial charge in [0.05, 0.1) is 54.0 Å². The molecule has 0 bridgehead atoms. The molecule has 2 unspecified atom stereocenters. The van der Waals surface area contributed by atoms with Crippen LogP contribution < -0.4 is 14.2 Å². The van der Waals surface area contributed by atoms with Crippen LogP contribution in [0.2, 0.25) is 0 Å². The van der Waals surface area contributed by atoms with Crippen molar-refractivity contribution < 1.29 is 51.6 Å². The second kappa shape index (κ2) is 16.3. The molecule has 11 heteroatoms. The first kappa shape index (κ1) is 35.0. The van der Waals surface area contributed by atoms with E-state index in [1.807, 2.05) is 66.7 Å². The molecule has 3 aromatic carbocycles. The van der Waals surface area contributed by atoms with Crippen molar-refractivity contribution in [2.24, 2.45) is 0 Å². The summed E-state index contributed by atoms with van der Waals surface area (Å²) < 4.78 is 47.7. The fourth-order valence-electron chi connectivity index (χ4n) is 5.92. The average molecular weight is 687 g/mol. The van der Waals surface area contributed by atoms with Crippen LogP contribution in [0.5, 0.6) is 17.2 Å². The van der Waals surface area contributed by atoms with Gasteiger partial charge in [0.2, 0.25) is 0 Å². The molecule has 1 N–H and O–H groups in total. The van der Waals surface area contributed by atoms with E-state index in [1.54, 1.807) is 27.6 Å². The number of methoxy groups -OCH3 is 3. The van der Waals surface area contributed by atoms with E-state index in [9.17, 15) is 9.90 Å². The first-order chi connectivity index (χ1) is 24.4. The van der Waals surface area contributed by atoms with Gasteiger partial charge in [-0.1, -0.05) is 36.4 Å². The molecular formula is C39H42O11. The van der Waals surface area contributed by atoms with Gasteiger partial charge in [-0.25, -0.2) is 0 Å². The summed E-state index contributed by atoms with van der Waals surface area (Å²) in [5, 5.41) is 13.5. The Morgan fingerprint density at radius 1 is 0.720 bits per heavy atom. The molecule has 9 rings (SSSR count). The number of ketones is 1. The summed E-state index contributed by atoms with van der Waals surface area (Å²) in [5.74, 6) is 4.45. The maximum Gasteiger partial charge on any atom is 0.176 e. The Bertz CT molecular complexity index is 1980. The third kappa shape index (κ3) is 7.97. The fourth-order valence-corrected chi connectivity index (χ4v) is 5.92. The Hall–Kier alpha value is -4.81. The number of hydrogen-bond donors (Lipinski definition) is 1. The van der Waals surface area contributed by atoms with Crippen molar-refractivity contribution in [3.8, 4) is 17.2 Å². The number of ether oxygens (including phenoxy) is 6. The van der Waals surface area contributed by atoms with E-state index in [0.29, 0.717) is 55.7 Å². The zero-order chi connectivity index (χ0) is 34.9. The van der Waals surface area contributed by atoms with Crippen LogP contribution >= 0.6 is 0 Å². The normalized spacial score (nSPS) is 19.8. The Morgan fingerprint density at radius 2 is 1.38 bits per heavy atom. The molecule has 50 heavy (non-hydrogen) atoms. The summed E-state index contributed by atoms with van der Waals surface area (Å²) >= 11 is 0. The van der Waals surface area contributed by atoms with Gasteiger partial charge in [-0.2, -0.15) is 0 Å². The molecule has 0 saturated carbocycles. The average Bonchev–Trinajstić information content (AvgIpc) is 3.99. The minimum Gasteiger partial charge on any atom is -0.493 e. The van der Waals surface area contributed by atoms with Crippen molar-refractivity contribution >= 4 is 38.7 Å². The van der Waals surface area contributed by atoms with Crippen LogP contribution in [0.15, 0.2) is 92.3 Å². The lowest BCUT2D eigenvalue weighted by atomic mass is 10.0. The number of rotatable bonds is 5. The zero-order valence-corrected chi connectivity index (χ0v) is 28.5. The molecule has 0 spiro atoms. The van der Waals surface area contributed by atoms with Gasteiger partial charge in [0.15, 0.2) is 39.8 Å². The highest BCUT2D eigenvalue weighted by molar-refractivity contribution is 5.85. The van der Waals surface area contributed by atoms with Gasteiger partial charge in [-0.15, -0.1) is 0 Å². The molecule has 11 nitrogen and oxygen atoms in total. The number of hydrogen-bond acceptors (Lipinski definition) is 11. The minimum absolute atomic E-state index is 0.231. The van der Waals surface area contributed by atoms with Gasteiger partial charge in [0.25, 0.3) is 0 Å². The van der Waals surface area contributed by atoms with Gasteiger partial charge < -0.3 is 46.8 Å². The van der Waals surface area contributed by atoms with E-state index in [-0.39, 0.29) is 12.4 Å². The van der Waals surface area contributed by atoms with Gasteiger partial charge in [0, 0.05) is 41.5 Å². The predicted octanol–water partition coefficient (Wildman–Crippen LogP) is 7.41. The highest BCUT2D eigenvalue weighted by atomic mass is 16.5. The third-order valence-corrected chi connectivity index (χ3v) is 8.72. The summed E-state index contributed by atoms with van der Waals surface area (Å²) in [6.45, 7) is 3.43. The summed E-state index contributed by atoms with van der Waals surface area (Å²) in [7, 11) is 4.90. The first-order valence-electron chi connectivity index (χ1n) is 16.5. The smallest absolute Gasteiger partial charge is 0.176 e. The molecule has 3 aromatic heterocycles. The third-order valence-electron chi connectivity index (χ3n) is 8.72. The number of aliphatic hydroxyl groups is 1. The number of furan rings is 3. The van der Waals surface area contributed by atoms with E-state index in [1.165, 1.54) is 0 Å². The molecule has 3 saturated heterocycles. The van der Waals surface area contributed by atoms with Crippen molar-refractivity contribution in [2.45, 2.75) is 30.8 Å². The maximum absolute atomic E-state index is 10.4. The molecule has 0 radical (unpaired) electrons. The molecule has 3 aliphatic rings. The minimum atomic E-state index is -0.996. The van der Waals surface area contributed by atoms with E-state index < -0.39 is 5.60 Å². The quantitative estimate of drug-likeness (QED) is 0.194. The van der Waals surface area contributed by atoms with E-state index in [0.717, 1.165) is 64.2 Å². The maximum atomic E-state index is 10.4. The topological polar surface area (TPSA) is 132 Å². The summed E-state index contributed by atoms with van der Waals surface area (Å²) in [5.41, 5.74) is 1.33. The molecule has 0 amide bonds. The molecule has 0 aliphatic carbocycles. The van der Waals surface area contributed by atoms with Crippen LogP contribution in [0.25, 0.3) is 32.9 Å². The SMILES string of the molecule is COc1cccc2cc(C3(O)CCOC3)oc12.COc1cccc2cc(C3CCOC3)oc12.COc1cccc2ccoc12.O=C1CCOC1. The van der Waals surface area contributed by atoms with Crippen LogP contribution in [-0.4, -0.2) is 71.9 Å². The highest BCUT2D eigenvalue weighted by Crippen LogP contribution is 2.37. The second-order valence-electron chi connectivity index (χ2n) is 12.1. The summed E-state index contributed by atoms with van der Waals surface area (Å²) in [6.07, 6.45) is 3.89. The second-order valence-corrected chi connectivity index (χ2v) is 12.1. The van der Waals surface area contributed by atoms with Crippen LogP contribution in [0, 0.1) is 0 Å². The standard InChI is InChI=1S/C13H14O4.C13H14O3.C9H8O2.C4H6O2/c1-15-10-4-2-3-9-7-11(17-12(9)10)13(14)5-6-16-8-13;1-14-11-4-2-3-9-7-12(16-13(9)11)10-5-6-15-8-10;1-10-8-4-2-3-7-5-6-11-9(7)8;5-4-1-2-6-3-4/h2-4,7,14H,5-6,8H2,1H3;2-4,7,10H,5-6,8H2,1H3;2-6H,1H3;1-3H2. The molecule has 2 atom stereocenters. The van der Waals surface area contributed by atoms with Crippen molar-refractivity contribution in [1.29, 1.82) is 0 Å². The van der Waals surface area contributed by atoms with E-state index in [2.05, 4.69) is 6.07 Å². The van der Waals surface area contributed by atoms with Crippen LogP contribution in [0.4, 0.5) is 0 Å². The van der Waals surface area contributed by atoms with E-state index >= 15 is 0 Å². The van der Waals surface area contributed by atoms with Crippen LogP contribution in [0.1, 0.15) is 36.7 Å². The summed E-state index contributed by atoms with van der Waals surface area (Å²) in [6, 6.07) is 23.3. The Morgan fingerprint density at radius 3 is 1.94 bits per heavy atom. The molecule has 6 heterocycles. The predicted molar refractivity (Wildman–Crippen MR) is 186 cm³/mol. The lowest BCUT2D eigenvalue weighted by Gasteiger charge is -2.16. The lowest BCUT2D eigenvalue weighted by Crippen LogP contribution is -2.24. The Kier molecular flexibility index (Phi) is 11.4. The zero-order valence-electron chi connectivity index (χ0n) is 28.5. The van der Waals surface area contributed by atoms with Crippen molar-refractivity contribution in [2.75, 3.05) is 61.0 Å². The van der Waals surface area contributed by atoms with Crippen molar-refractivity contribution in [3.63, 3.8) is 0 Å². The number of carbonyl (C=O) groups excluding carboxylic acids is 1. The molecule has 264 valence electrons. The molecule has 3 aliphatic heterocycles.